The summed E-state index contributed by atoms with van der Waals surface area (Å²) in [4.78, 5) is 33.7. The quantitative estimate of drug-likeness (QED) is 0.520. The number of carbonyl (C=O) groups excluding carboxylic acids is 3. The van der Waals surface area contributed by atoms with Gasteiger partial charge in [0.2, 0.25) is 5.91 Å². The number of amides is 3. The van der Waals surface area contributed by atoms with E-state index in [0.29, 0.717) is 6.54 Å². The molecule has 3 amide bonds. The number of hydrogen-bond acceptors (Lipinski definition) is 5. The lowest BCUT2D eigenvalue weighted by Crippen LogP contribution is -2.40. The fourth-order valence-electron chi connectivity index (χ4n) is 1.18. The Hall–Kier alpha value is -1.24. The zero-order valence-corrected chi connectivity index (χ0v) is 12.5. The van der Waals surface area contributed by atoms with Crippen LogP contribution in [0.5, 0.6) is 0 Å². The zero-order chi connectivity index (χ0) is 14.7. The van der Waals surface area contributed by atoms with Crippen LogP contribution < -0.4 is 10.6 Å². The highest BCUT2D eigenvalue weighted by atomic mass is 32.2. The molecule has 110 valence electrons. The lowest BCUT2D eigenvalue weighted by atomic mass is 10.3. The fraction of sp³-hybridized carbons (Fsp3) is 0.750. The number of ether oxygens (including phenoxy) is 1. The van der Waals surface area contributed by atoms with E-state index in [4.69, 9.17) is 0 Å². The second kappa shape index (κ2) is 10.7. The van der Waals surface area contributed by atoms with Crippen molar-refractivity contribution in [3.05, 3.63) is 0 Å². The molecule has 6 nitrogen and oxygen atoms in total. The van der Waals surface area contributed by atoms with Gasteiger partial charge in [0.1, 0.15) is 0 Å². The molecule has 0 radical (unpaired) electrons. The highest BCUT2D eigenvalue weighted by Gasteiger charge is 2.13. The van der Waals surface area contributed by atoms with E-state index in [1.54, 1.807) is 0 Å². The highest BCUT2D eigenvalue weighted by Crippen LogP contribution is 2.13. The average Bonchev–Trinajstić information content (AvgIpc) is 2.36. The molecule has 0 aromatic rings. The topological polar surface area (TPSA) is 84.5 Å². The number of thioether (sulfide) groups is 1. The van der Waals surface area contributed by atoms with Gasteiger partial charge in [-0.3, -0.25) is 14.9 Å². The predicted molar refractivity (Wildman–Crippen MR) is 75.0 cm³/mol. The summed E-state index contributed by atoms with van der Waals surface area (Å²) in [6.45, 7) is 4.40. The number of imide groups is 1. The van der Waals surface area contributed by atoms with Crippen LogP contribution in [0.2, 0.25) is 0 Å². The van der Waals surface area contributed by atoms with Crippen molar-refractivity contribution >= 4 is 29.7 Å². The van der Waals surface area contributed by atoms with Gasteiger partial charge in [-0.1, -0.05) is 20.3 Å². The summed E-state index contributed by atoms with van der Waals surface area (Å²) in [6.07, 6.45) is 2.11. The van der Waals surface area contributed by atoms with Crippen molar-refractivity contribution < 1.29 is 19.1 Å². The molecule has 0 saturated heterocycles. The molecule has 1 atom stereocenters. The van der Waals surface area contributed by atoms with Crippen LogP contribution in [0.1, 0.15) is 33.1 Å². The highest BCUT2D eigenvalue weighted by molar-refractivity contribution is 8.00. The van der Waals surface area contributed by atoms with Crippen LogP contribution in [0.15, 0.2) is 0 Å². The Morgan fingerprint density at radius 1 is 1.32 bits per heavy atom. The first-order chi connectivity index (χ1) is 8.99. The van der Waals surface area contributed by atoms with Gasteiger partial charge in [0, 0.05) is 11.8 Å². The van der Waals surface area contributed by atoms with Crippen LogP contribution in [0.4, 0.5) is 4.79 Å². The van der Waals surface area contributed by atoms with Crippen LogP contribution in [0.25, 0.3) is 0 Å². The number of nitrogens with one attached hydrogen (secondary N) is 2. The lowest BCUT2D eigenvalue weighted by Gasteiger charge is -2.10. The van der Waals surface area contributed by atoms with Gasteiger partial charge in [0.05, 0.1) is 19.3 Å². The van der Waals surface area contributed by atoms with Gasteiger partial charge in [-0.15, -0.1) is 11.8 Å². The largest absolute Gasteiger partial charge is 0.469 e. The third-order valence-corrected chi connectivity index (χ3v) is 3.41. The Kier molecular flexibility index (Phi) is 9.97. The number of carbonyl (C=O) groups is 3. The van der Waals surface area contributed by atoms with E-state index in [1.165, 1.54) is 18.9 Å². The van der Waals surface area contributed by atoms with Crippen molar-refractivity contribution in [3.63, 3.8) is 0 Å². The maximum atomic E-state index is 11.4. The summed E-state index contributed by atoms with van der Waals surface area (Å²) in [6, 6.07) is -0.473. The Morgan fingerprint density at radius 2 is 2.00 bits per heavy atom. The molecular weight excluding hydrogens is 268 g/mol. The third kappa shape index (κ3) is 10.4. The van der Waals surface area contributed by atoms with E-state index < -0.39 is 6.03 Å². The summed E-state index contributed by atoms with van der Waals surface area (Å²) >= 11 is 1.31. The minimum atomic E-state index is -0.473. The first-order valence-corrected chi connectivity index (χ1v) is 7.30. The Morgan fingerprint density at radius 3 is 2.58 bits per heavy atom. The molecule has 0 aromatic carbocycles. The summed E-state index contributed by atoms with van der Waals surface area (Å²) < 4.78 is 4.53. The average molecular weight is 290 g/mol. The van der Waals surface area contributed by atoms with Gasteiger partial charge < -0.3 is 10.1 Å². The van der Waals surface area contributed by atoms with E-state index in [0.717, 1.165) is 12.8 Å². The van der Waals surface area contributed by atoms with E-state index in [1.807, 2.05) is 13.8 Å². The van der Waals surface area contributed by atoms with E-state index in [9.17, 15) is 14.4 Å². The molecular formula is C12H22N2O4S. The smallest absolute Gasteiger partial charge is 0.321 e. The van der Waals surface area contributed by atoms with Gasteiger partial charge in [-0.2, -0.15) is 0 Å². The van der Waals surface area contributed by atoms with E-state index in [-0.39, 0.29) is 29.3 Å². The second-order valence-electron chi connectivity index (χ2n) is 4.06. The van der Waals surface area contributed by atoms with Crippen LogP contribution in [0, 0.1) is 0 Å². The standard InChI is InChI=1S/C12H22N2O4S/c1-4-5-6-13-12(17)14-10(15)8-19-9(2)7-11(16)18-3/h9H,4-8H2,1-3H3,(H2,13,14,15,17). The summed E-state index contributed by atoms with van der Waals surface area (Å²) in [5.41, 5.74) is 0. The predicted octanol–water partition coefficient (Wildman–Crippen LogP) is 1.30. The van der Waals surface area contributed by atoms with Gasteiger partial charge >= 0.3 is 12.0 Å². The summed E-state index contributed by atoms with van der Waals surface area (Å²) in [7, 11) is 1.33. The summed E-state index contributed by atoms with van der Waals surface area (Å²) in [5.74, 6) is -0.534. The monoisotopic (exact) mass is 290 g/mol. The molecule has 0 spiro atoms. The van der Waals surface area contributed by atoms with Crippen molar-refractivity contribution in [1.29, 1.82) is 0 Å². The maximum absolute atomic E-state index is 11.4. The van der Waals surface area contributed by atoms with Gasteiger partial charge in [-0.05, 0) is 6.42 Å². The van der Waals surface area contributed by atoms with Crippen molar-refractivity contribution in [1.82, 2.24) is 10.6 Å². The maximum Gasteiger partial charge on any atom is 0.321 e. The van der Waals surface area contributed by atoms with Crippen molar-refractivity contribution in [2.75, 3.05) is 19.4 Å². The van der Waals surface area contributed by atoms with Crippen LogP contribution >= 0.6 is 11.8 Å². The number of unbranched alkanes of at least 4 members (excludes halogenated alkanes) is 1. The van der Waals surface area contributed by atoms with Crippen molar-refractivity contribution in [2.45, 2.75) is 38.4 Å². The van der Waals surface area contributed by atoms with Crippen molar-refractivity contribution in [3.8, 4) is 0 Å². The van der Waals surface area contributed by atoms with Crippen LogP contribution in [-0.2, 0) is 14.3 Å². The first-order valence-electron chi connectivity index (χ1n) is 6.25. The minimum absolute atomic E-state index is 0.0265. The molecule has 1 unspecified atom stereocenters. The van der Waals surface area contributed by atoms with Crippen molar-refractivity contribution in [2.24, 2.45) is 0 Å². The molecule has 0 aliphatic heterocycles. The van der Waals surface area contributed by atoms with Gasteiger partial charge in [-0.25, -0.2) is 4.79 Å². The third-order valence-electron chi connectivity index (χ3n) is 2.25. The van der Waals surface area contributed by atoms with E-state index in [2.05, 4.69) is 15.4 Å². The number of esters is 1. The molecule has 0 bridgehead atoms. The van der Waals surface area contributed by atoms with Gasteiger partial charge in [0.25, 0.3) is 0 Å². The molecule has 19 heavy (non-hydrogen) atoms. The molecule has 2 N–H and O–H groups in total. The Labute approximate surface area is 118 Å². The van der Waals surface area contributed by atoms with E-state index >= 15 is 0 Å². The molecule has 0 rings (SSSR count). The molecule has 0 aliphatic carbocycles. The zero-order valence-electron chi connectivity index (χ0n) is 11.7. The van der Waals surface area contributed by atoms with Crippen LogP contribution in [-0.4, -0.2) is 42.6 Å². The number of hydrogen-bond donors (Lipinski definition) is 2. The fourth-order valence-corrected chi connectivity index (χ4v) is 1.94. The van der Waals surface area contributed by atoms with Gasteiger partial charge in [0.15, 0.2) is 0 Å². The second-order valence-corrected chi connectivity index (χ2v) is 5.49. The SMILES string of the molecule is CCCCNC(=O)NC(=O)CSC(C)CC(=O)OC. The minimum Gasteiger partial charge on any atom is -0.469 e. The number of methoxy groups -OCH3 is 1. The first kappa shape index (κ1) is 17.8. The molecule has 0 aromatic heterocycles. The Bertz CT molecular complexity index is 310. The van der Waals surface area contributed by atoms with Crippen LogP contribution in [0.3, 0.4) is 0 Å². The number of rotatable bonds is 8. The summed E-state index contributed by atoms with van der Waals surface area (Å²) in [5, 5.41) is 4.80. The molecule has 7 heteroatoms. The molecule has 0 heterocycles. The lowest BCUT2D eigenvalue weighted by molar-refractivity contribution is -0.140. The molecule has 0 saturated carbocycles. The molecule has 0 aliphatic rings. The normalized spacial score (nSPS) is 11.5. The Balaban J connectivity index is 3.74. The number of urea groups is 1. The molecule has 0 fully saturated rings.